The highest BCUT2D eigenvalue weighted by Crippen LogP contribution is 2.18. The lowest BCUT2D eigenvalue weighted by Crippen LogP contribution is -2.33. The van der Waals surface area contributed by atoms with Crippen molar-refractivity contribution in [3.8, 4) is 0 Å². The second kappa shape index (κ2) is 5.60. The number of carbonyl (C=O) groups is 1. The van der Waals surface area contributed by atoms with Crippen molar-refractivity contribution < 1.29 is 15.0 Å². The Morgan fingerprint density at radius 1 is 1.38 bits per heavy atom. The molecule has 5 nitrogen and oxygen atoms in total. The molecule has 0 radical (unpaired) electrons. The number of carbonyl (C=O) groups excluding carboxylic acids is 1. The molecule has 6 N–H and O–H groups in total. The number of nitrogens with two attached hydrogens (primary N) is 2. The lowest BCUT2D eigenvalue weighted by atomic mass is 10.0. The highest BCUT2D eigenvalue weighted by atomic mass is 16.3. The Morgan fingerprint density at radius 2 is 2.06 bits per heavy atom. The highest BCUT2D eigenvalue weighted by molar-refractivity contribution is 5.79. The van der Waals surface area contributed by atoms with E-state index >= 15 is 0 Å². The van der Waals surface area contributed by atoms with Crippen molar-refractivity contribution in [2.24, 2.45) is 11.5 Å². The van der Waals surface area contributed by atoms with Crippen LogP contribution in [0.5, 0.6) is 0 Å². The molecule has 0 saturated heterocycles. The molecule has 1 amide bonds. The van der Waals surface area contributed by atoms with Crippen LogP contribution in [-0.4, -0.2) is 28.8 Å². The van der Waals surface area contributed by atoms with Crippen LogP contribution in [-0.2, 0) is 11.2 Å². The third kappa shape index (κ3) is 3.03. The molecule has 16 heavy (non-hydrogen) atoms. The van der Waals surface area contributed by atoms with Crippen LogP contribution in [0.3, 0.4) is 0 Å². The van der Waals surface area contributed by atoms with Gasteiger partial charge < -0.3 is 21.7 Å². The molecule has 2 atom stereocenters. The smallest absolute Gasteiger partial charge is 0.249 e. The first-order chi connectivity index (χ1) is 7.56. The van der Waals surface area contributed by atoms with E-state index in [4.69, 9.17) is 11.5 Å². The largest absolute Gasteiger partial charge is 0.385 e. The van der Waals surface area contributed by atoms with Gasteiger partial charge in [0.2, 0.25) is 5.91 Å². The Hall–Kier alpha value is -1.43. The summed E-state index contributed by atoms with van der Waals surface area (Å²) < 4.78 is 0. The van der Waals surface area contributed by atoms with E-state index in [1.807, 2.05) is 6.07 Å². The molecular weight excluding hydrogens is 208 g/mol. The molecular formula is C11H16N2O3. The summed E-state index contributed by atoms with van der Waals surface area (Å²) in [5.74, 6) is -0.947. The van der Waals surface area contributed by atoms with Crippen molar-refractivity contribution >= 4 is 5.91 Å². The van der Waals surface area contributed by atoms with Gasteiger partial charge in [0.1, 0.15) is 6.10 Å². The number of amides is 1. The zero-order chi connectivity index (χ0) is 12.1. The lowest BCUT2D eigenvalue weighted by Gasteiger charge is -2.15. The van der Waals surface area contributed by atoms with Crippen LogP contribution in [0.25, 0.3) is 0 Å². The Balaban J connectivity index is 2.86. The van der Waals surface area contributed by atoms with Gasteiger partial charge in [-0.1, -0.05) is 24.3 Å². The number of hydrogen-bond acceptors (Lipinski definition) is 4. The average Bonchev–Trinajstić information content (AvgIpc) is 2.28. The number of benzene rings is 1. The minimum atomic E-state index is -1.59. The van der Waals surface area contributed by atoms with Crippen molar-refractivity contribution in [1.82, 2.24) is 0 Å². The summed E-state index contributed by atoms with van der Waals surface area (Å²) in [5.41, 5.74) is 11.7. The fourth-order valence-electron chi connectivity index (χ4n) is 1.44. The molecule has 88 valence electrons. The number of rotatable bonds is 5. The van der Waals surface area contributed by atoms with Gasteiger partial charge in [0.25, 0.3) is 0 Å². The SMILES string of the molecule is NCCc1cccc(C(O)C(O)C(N)=O)c1. The Labute approximate surface area is 93.7 Å². The summed E-state index contributed by atoms with van der Waals surface area (Å²) in [6.07, 6.45) is -2.21. The average molecular weight is 224 g/mol. The molecule has 0 fully saturated rings. The fourth-order valence-corrected chi connectivity index (χ4v) is 1.44. The maximum absolute atomic E-state index is 10.7. The molecule has 5 heteroatoms. The van der Waals surface area contributed by atoms with Gasteiger partial charge in [-0.2, -0.15) is 0 Å². The molecule has 0 heterocycles. The van der Waals surface area contributed by atoms with Gasteiger partial charge in [0.15, 0.2) is 6.10 Å². The number of aliphatic hydroxyl groups excluding tert-OH is 2. The first-order valence-electron chi connectivity index (χ1n) is 5.00. The van der Waals surface area contributed by atoms with E-state index in [-0.39, 0.29) is 0 Å². The lowest BCUT2D eigenvalue weighted by molar-refractivity contribution is -0.131. The van der Waals surface area contributed by atoms with Crippen LogP contribution in [0, 0.1) is 0 Å². The van der Waals surface area contributed by atoms with Crippen molar-refractivity contribution in [1.29, 1.82) is 0 Å². The second-order valence-corrected chi connectivity index (χ2v) is 3.58. The van der Waals surface area contributed by atoms with E-state index in [0.717, 1.165) is 5.56 Å². The third-order valence-electron chi connectivity index (χ3n) is 2.32. The van der Waals surface area contributed by atoms with Gasteiger partial charge in [-0.25, -0.2) is 0 Å². The summed E-state index contributed by atoms with van der Waals surface area (Å²) in [5, 5.41) is 19.0. The zero-order valence-electron chi connectivity index (χ0n) is 8.84. The van der Waals surface area contributed by atoms with E-state index in [0.29, 0.717) is 18.5 Å². The van der Waals surface area contributed by atoms with Crippen LogP contribution in [0.1, 0.15) is 17.2 Å². The molecule has 1 aromatic carbocycles. The molecule has 0 bridgehead atoms. The Bertz CT molecular complexity index is 368. The number of primary amides is 1. The van der Waals surface area contributed by atoms with Gasteiger partial charge in [-0.05, 0) is 24.1 Å². The number of aliphatic hydroxyl groups is 2. The Morgan fingerprint density at radius 3 is 2.62 bits per heavy atom. The van der Waals surface area contributed by atoms with Crippen LogP contribution < -0.4 is 11.5 Å². The minimum Gasteiger partial charge on any atom is -0.385 e. The predicted molar refractivity (Wildman–Crippen MR) is 59.4 cm³/mol. The monoisotopic (exact) mass is 224 g/mol. The summed E-state index contributed by atoms with van der Waals surface area (Å²) in [6, 6.07) is 6.91. The van der Waals surface area contributed by atoms with E-state index in [9.17, 15) is 15.0 Å². The molecule has 0 saturated carbocycles. The van der Waals surface area contributed by atoms with Crippen LogP contribution >= 0.6 is 0 Å². The van der Waals surface area contributed by atoms with Crippen molar-refractivity contribution in [2.75, 3.05) is 6.54 Å². The van der Waals surface area contributed by atoms with Crippen molar-refractivity contribution in [2.45, 2.75) is 18.6 Å². The maximum Gasteiger partial charge on any atom is 0.249 e. The molecule has 0 aliphatic heterocycles. The van der Waals surface area contributed by atoms with Gasteiger partial charge in [-0.3, -0.25) is 4.79 Å². The van der Waals surface area contributed by atoms with Gasteiger partial charge in [0.05, 0.1) is 0 Å². The predicted octanol–water partition coefficient (Wildman–Crippen LogP) is -0.933. The molecule has 1 aromatic rings. The molecule has 2 unspecified atom stereocenters. The number of hydrogen-bond donors (Lipinski definition) is 4. The van der Waals surface area contributed by atoms with Crippen molar-refractivity contribution in [3.63, 3.8) is 0 Å². The zero-order valence-corrected chi connectivity index (χ0v) is 8.84. The van der Waals surface area contributed by atoms with Crippen LogP contribution in [0.4, 0.5) is 0 Å². The molecule has 0 aliphatic carbocycles. The van der Waals surface area contributed by atoms with E-state index in [1.165, 1.54) is 0 Å². The molecule has 0 spiro atoms. The van der Waals surface area contributed by atoms with E-state index < -0.39 is 18.1 Å². The first kappa shape index (κ1) is 12.6. The third-order valence-corrected chi connectivity index (χ3v) is 2.32. The summed E-state index contributed by atoms with van der Waals surface area (Å²) >= 11 is 0. The maximum atomic E-state index is 10.7. The topological polar surface area (TPSA) is 110 Å². The minimum absolute atomic E-state index is 0.456. The second-order valence-electron chi connectivity index (χ2n) is 3.58. The van der Waals surface area contributed by atoms with Gasteiger partial charge >= 0.3 is 0 Å². The van der Waals surface area contributed by atoms with Gasteiger partial charge in [-0.15, -0.1) is 0 Å². The normalized spacial score (nSPS) is 14.4. The molecule has 1 rings (SSSR count). The van der Waals surface area contributed by atoms with Gasteiger partial charge in [0, 0.05) is 0 Å². The quantitative estimate of drug-likeness (QED) is 0.517. The van der Waals surface area contributed by atoms with E-state index in [2.05, 4.69) is 0 Å². The summed E-state index contributed by atoms with van der Waals surface area (Å²) in [6.45, 7) is 0.498. The molecule has 0 aromatic heterocycles. The highest BCUT2D eigenvalue weighted by Gasteiger charge is 2.23. The van der Waals surface area contributed by atoms with Crippen LogP contribution in [0.15, 0.2) is 24.3 Å². The van der Waals surface area contributed by atoms with Crippen molar-refractivity contribution in [3.05, 3.63) is 35.4 Å². The standard InChI is InChI=1S/C11H16N2O3/c12-5-4-7-2-1-3-8(6-7)9(14)10(15)11(13)16/h1-3,6,9-10,14-15H,4-5,12H2,(H2,13,16). The van der Waals surface area contributed by atoms with Crippen LogP contribution in [0.2, 0.25) is 0 Å². The summed E-state index contributed by atoms with van der Waals surface area (Å²) in [7, 11) is 0. The fraction of sp³-hybridized carbons (Fsp3) is 0.364. The van der Waals surface area contributed by atoms with E-state index in [1.54, 1.807) is 18.2 Å². The molecule has 0 aliphatic rings. The Kier molecular flexibility index (Phi) is 4.42. The first-order valence-corrected chi connectivity index (χ1v) is 5.00. The summed E-state index contributed by atoms with van der Waals surface area (Å²) in [4.78, 5) is 10.7.